The zero-order valence-electron chi connectivity index (χ0n) is 5.19. The third kappa shape index (κ3) is 5.90. The lowest BCUT2D eigenvalue weighted by atomic mass is 11.7. The lowest BCUT2D eigenvalue weighted by molar-refractivity contribution is 0.147. The van der Waals surface area contributed by atoms with Gasteiger partial charge in [-0.25, -0.2) is 0 Å². The monoisotopic (exact) mass is 217 g/mol. The van der Waals surface area contributed by atoms with Gasteiger partial charge in [-0.2, -0.15) is 37.9 Å². The van der Waals surface area contributed by atoms with Crippen LogP contribution in [0.5, 0.6) is 0 Å². The summed E-state index contributed by atoms with van der Waals surface area (Å²) in [4.78, 5) is 0. The molecule has 0 saturated carbocycles. The summed E-state index contributed by atoms with van der Waals surface area (Å²) in [6.45, 7) is 0. The Bertz CT molecular complexity index is 61.7. The topological polar surface area (TPSA) is 27.7 Å². The van der Waals surface area contributed by atoms with Gasteiger partial charge >= 0.3 is 9.53 Å². The molecule has 0 aromatic carbocycles. The second-order valence-corrected chi connectivity index (χ2v) is 3.21. The summed E-state index contributed by atoms with van der Waals surface area (Å²) in [7, 11) is -1.63. The van der Waals surface area contributed by atoms with Crippen molar-refractivity contribution in [1.82, 2.24) is 0 Å². The minimum Gasteiger partial charge on any atom is -0.362 e. The number of rotatable bonds is 6. The van der Waals surface area contributed by atoms with Crippen LogP contribution in [0, 0.1) is 0 Å². The van der Waals surface area contributed by atoms with E-state index in [4.69, 9.17) is 13.3 Å². The predicted octanol–water partition coefficient (Wildman–Crippen LogP) is 0.683. The smallest absolute Gasteiger partial charge is 0.362 e. The van der Waals surface area contributed by atoms with Crippen molar-refractivity contribution >= 4 is 47.4 Å². The van der Waals surface area contributed by atoms with Gasteiger partial charge in [0.15, 0.2) is 0 Å². The molecule has 0 spiro atoms. The van der Waals surface area contributed by atoms with Gasteiger partial charge in [0.25, 0.3) is 0 Å². The van der Waals surface area contributed by atoms with E-state index >= 15 is 0 Å². The minimum absolute atomic E-state index is 0.288. The largest absolute Gasteiger partial charge is 0.579 e. The molecule has 0 bridgehead atoms. The molecule has 7 heteroatoms. The Morgan fingerprint density at radius 2 is 1.10 bits per heavy atom. The molecule has 61 valence electrons. The third-order valence-electron chi connectivity index (χ3n) is 0.547. The lowest BCUT2D eigenvalue weighted by Crippen LogP contribution is -2.25. The molecule has 0 saturated heterocycles. The predicted molar refractivity (Wildman–Crippen MR) is 50.6 cm³/mol. The van der Waals surface area contributed by atoms with Crippen LogP contribution < -0.4 is 0 Å². The van der Waals surface area contributed by atoms with Crippen molar-refractivity contribution in [3.63, 3.8) is 0 Å². The first-order valence-electron chi connectivity index (χ1n) is 2.43. The van der Waals surface area contributed by atoms with Gasteiger partial charge in [-0.05, 0) is 0 Å². The summed E-state index contributed by atoms with van der Waals surface area (Å²) >= 11 is 11.5. The second kappa shape index (κ2) is 8.25. The van der Waals surface area contributed by atoms with Crippen molar-refractivity contribution in [3.05, 3.63) is 0 Å². The Kier molecular flexibility index (Phi) is 9.19. The van der Waals surface area contributed by atoms with Crippen LogP contribution >= 0.6 is 37.9 Å². The molecule has 3 nitrogen and oxygen atoms in total. The molecule has 0 aliphatic rings. The van der Waals surface area contributed by atoms with Gasteiger partial charge in [-0.15, -0.1) is 0 Å². The van der Waals surface area contributed by atoms with Crippen LogP contribution in [-0.4, -0.2) is 27.3 Å². The molecule has 0 aromatic heterocycles. The third-order valence-corrected chi connectivity index (χ3v) is 2.80. The molecule has 0 amide bonds. The molecule has 0 heterocycles. The second-order valence-electron chi connectivity index (χ2n) is 1.07. The van der Waals surface area contributed by atoms with Gasteiger partial charge in [0, 0.05) is 0 Å². The first-order valence-corrected chi connectivity index (χ1v) is 5.55. The molecule has 1 radical (unpaired) electrons. The van der Waals surface area contributed by atoms with E-state index in [2.05, 4.69) is 37.9 Å². The fraction of sp³-hybridized carbons (Fsp3) is 1.00. The highest BCUT2D eigenvalue weighted by molar-refractivity contribution is 7.80. The molecule has 0 aliphatic heterocycles. The lowest BCUT2D eigenvalue weighted by Gasteiger charge is -2.09. The number of hydrogen-bond acceptors (Lipinski definition) is 6. The Labute approximate surface area is 78.6 Å². The van der Waals surface area contributed by atoms with Crippen LogP contribution in [0.4, 0.5) is 0 Å². The maximum atomic E-state index is 4.95. The number of hydrogen-bond donors (Lipinski definition) is 3. The van der Waals surface area contributed by atoms with Gasteiger partial charge < -0.3 is 13.3 Å². The van der Waals surface area contributed by atoms with Crippen molar-refractivity contribution in [2.45, 2.75) is 0 Å². The molecule has 0 aliphatic carbocycles. The molecule has 0 unspecified atom stereocenters. The first kappa shape index (κ1) is 11.1. The van der Waals surface area contributed by atoms with E-state index in [1.54, 1.807) is 0 Å². The average molecular weight is 217 g/mol. The van der Waals surface area contributed by atoms with Crippen LogP contribution in [0.2, 0.25) is 0 Å². The van der Waals surface area contributed by atoms with Crippen LogP contribution in [-0.2, 0) is 13.3 Å². The maximum Gasteiger partial charge on any atom is 0.579 e. The Balaban J connectivity index is 3.30. The fourth-order valence-corrected chi connectivity index (χ4v) is 1.80. The van der Waals surface area contributed by atoms with Gasteiger partial charge in [0.2, 0.25) is 0 Å². The Hall–Kier alpha value is 1.15. The summed E-state index contributed by atoms with van der Waals surface area (Å²) < 4.78 is 14.8. The molecule has 0 N–H and O–H groups in total. The van der Waals surface area contributed by atoms with E-state index < -0.39 is 9.53 Å². The SMILES string of the molecule is SCO[Si](OCS)OCS. The maximum absolute atomic E-state index is 4.95. The van der Waals surface area contributed by atoms with E-state index in [0.29, 0.717) is 0 Å². The van der Waals surface area contributed by atoms with Gasteiger partial charge in [0.1, 0.15) is 0 Å². The normalized spacial score (nSPS) is 10.8. The molecular formula is C3H9O3S3Si. The van der Waals surface area contributed by atoms with Crippen molar-refractivity contribution in [2.75, 3.05) is 17.8 Å². The highest BCUT2D eigenvalue weighted by Gasteiger charge is 2.16. The van der Waals surface area contributed by atoms with Crippen molar-refractivity contribution in [1.29, 1.82) is 0 Å². The fourth-order valence-electron chi connectivity index (χ4n) is 0.283. The van der Waals surface area contributed by atoms with Gasteiger partial charge in [0.05, 0.1) is 17.8 Å². The van der Waals surface area contributed by atoms with Crippen molar-refractivity contribution in [2.24, 2.45) is 0 Å². The summed E-state index contributed by atoms with van der Waals surface area (Å²) in [5.74, 6) is 0.863. The van der Waals surface area contributed by atoms with Crippen LogP contribution in [0.3, 0.4) is 0 Å². The number of thiol groups is 3. The Morgan fingerprint density at radius 1 is 0.800 bits per heavy atom. The Morgan fingerprint density at radius 3 is 1.30 bits per heavy atom. The average Bonchev–Trinajstić information content (AvgIpc) is 1.90. The summed E-state index contributed by atoms with van der Waals surface area (Å²) in [6, 6.07) is 0. The summed E-state index contributed by atoms with van der Waals surface area (Å²) in [5.41, 5.74) is 0. The standard InChI is InChI=1S/C3H9O3S3Si/c7-1-4-10(5-2-8)6-3-9/h7-9H,1-3H2. The molecule has 0 fully saturated rings. The van der Waals surface area contributed by atoms with Crippen molar-refractivity contribution in [3.8, 4) is 0 Å². The van der Waals surface area contributed by atoms with E-state index in [1.165, 1.54) is 0 Å². The summed E-state index contributed by atoms with van der Waals surface area (Å²) in [5, 5.41) is 0. The van der Waals surface area contributed by atoms with E-state index in [1.807, 2.05) is 0 Å². The molecule has 0 aromatic rings. The summed E-state index contributed by atoms with van der Waals surface area (Å²) in [6.07, 6.45) is 0. The van der Waals surface area contributed by atoms with Crippen molar-refractivity contribution < 1.29 is 13.3 Å². The highest BCUT2D eigenvalue weighted by atomic mass is 32.1. The first-order chi connectivity index (χ1) is 4.85. The minimum atomic E-state index is -1.63. The van der Waals surface area contributed by atoms with Crippen LogP contribution in [0.1, 0.15) is 0 Å². The van der Waals surface area contributed by atoms with Gasteiger partial charge in [-0.1, -0.05) is 0 Å². The molecule has 10 heavy (non-hydrogen) atoms. The molecule has 0 rings (SSSR count). The molecular weight excluding hydrogens is 208 g/mol. The highest BCUT2D eigenvalue weighted by Crippen LogP contribution is 1.95. The van der Waals surface area contributed by atoms with Crippen LogP contribution in [0.15, 0.2) is 0 Å². The van der Waals surface area contributed by atoms with E-state index in [-0.39, 0.29) is 17.8 Å². The van der Waals surface area contributed by atoms with Gasteiger partial charge in [-0.3, -0.25) is 0 Å². The van der Waals surface area contributed by atoms with E-state index in [9.17, 15) is 0 Å². The quantitative estimate of drug-likeness (QED) is 0.347. The van der Waals surface area contributed by atoms with E-state index in [0.717, 1.165) is 0 Å². The molecule has 0 atom stereocenters. The van der Waals surface area contributed by atoms with Crippen LogP contribution in [0.25, 0.3) is 0 Å². The zero-order chi connectivity index (χ0) is 7.82. The zero-order valence-corrected chi connectivity index (χ0v) is 8.87.